The molecule has 0 aliphatic heterocycles. The first-order chi connectivity index (χ1) is 8.82. The van der Waals surface area contributed by atoms with Crippen molar-refractivity contribution in [3.05, 3.63) is 21.6 Å². The normalized spacial score (nSPS) is 14.1. The summed E-state index contributed by atoms with van der Waals surface area (Å²) in [5, 5.41) is 30.3. The lowest BCUT2D eigenvalue weighted by atomic mass is 10.1. The van der Waals surface area contributed by atoms with E-state index in [-0.39, 0.29) is 23.1 Å². The van der Waals surface area contributed by atoms with Gasteiger partial charge in [0.1, 0.15) is 6.10 Å². The Morgan fingerprint density at radius 3 is 2.74 bits per heavy atom. The number of aryl methyl sites for hydroxylation is 1. The number of carbonyl (C=O) groups excluding carboxylic acids is 1. The Morgan fingerprint density at radius 2 is 2.21 bits per heavy atom. The molecule has 106 valence electrons. The van der Waals surface area contributed by atoms with Gasteiger partial charge in [0.2, 0.25) is 0 Å². The number of aliphatic hydroxyl groups is 2. The molecule has 0 saturated carbocycles. The van der Waals surface area contributed by atoms with E-state index in [0.29, 0.717) is 5.75 Å². The fourth-order valence-corrected chi connectivity index (χ4v) is 2.15. The maximum Gasteiger partial charge on any atom is 0.346 e. The smallest absolute Gasteiger partial charge is 0.346 e. The number of imidazole rings is 1. The lowest BCUT2D eigenvalue weighted by Crippen LogP contribution is -2.20. The first-order valence-corrected chi connectivity index (χ1v) is 6.52. The van der Waals surface area contributed by atoms with Crippen LogP contribution in [0.25, 0.3) is 0 Å². The number of H-pyrrole nitrogens is 1. The average molecular weight is 289 g/mol. The van der Waals surface area contributed by atoms with Crippen LogP contribution in [0.2, 0.25) is 0 Å². The third-order valence-electron chi connectivity index (χ3n) is 2.38. The molecule has 2 atom stereocenters. The van der Waals surface area contributed by atoms with Gasteiger partial charge in [-0.3, -0.25) is 4.79 Å². The molecular weight excluding hydrogens is 274 g/mol. The van der Waals surface area contributed by atoms with Gasteiger partial charge < -0.3 is 20.3 Å². The molecule has 0 spiro atoms. The monoisotopic (exact) mass is 289 g/mol. The van der Waals surface area contributed by atoms with Crippen LogP contribution in [-0.4, -0.2) is 42.1 Å². The maximum absolute atomic E-state index is 10.8. The maximum atomic E-state index is 10.8. The van der Waals surface area contributed by atoms with E-state index in [1.54, 1.807) is 0 Å². The van der Waals surface area contributed by atoms with E-state index in [0.717, 1.165) is 11.8 Å². The Labute approximate surface area is 113 Å². The summed E-state index contributed by atoms with van der Waals surface area (Å²) in [7, 11) is 0. The molecule has 0 amide bonds. The van der Waals surface area contributed by atoms with Crippen LogP contribution in [0.1, 0.15) is 31.0 Å². The van der Waals surface area contributed by atoms with Crippen LogP contribution >= 0.6 is 11.8 Å². The molecule has 1 aromatic rings. The highest BCUT2D eigenvalue weighted by molar-refractivity contribution is 8.13. The molecular formula is C10H15N3O5S. The molecule has 1 heterocycles. The van der Waals surface area contributed by atoms with Crippen molar-refractivity contribution in [1.82, 2.24) is 9.97 Å². The molecule has 19 heavy (non-hydrogen) atoms. The third-order valence-corrected chi connectivity index (χ3v) is 3.22. The summed E-state index contributed by atoms with van der Waals surface area (Å²) in [6.07, 6.45) is -2.54. The molecule has 0 aliphatic carbocycles. The van der Waals surface area contributed by atoms with E-state index < -0.39 is 22.9 Å². The van der Waals surface area contributed by atoms with Crippen molar-refractivity contribution >= 4 is 22.7 Å². The second-order valence-corrected chi connectivity index (χ2v) is 5.23. The van der Waals surface area contributed by atoms with Gasteiger partial charge in [-0.15, -0.1) is 0 Å². The van der Waals surface area contributed by atoms with Crippen LogP contribution < -0.4 is 0 Å². The number of rotatable bonds is 6. The number of thioether (sulfide) groups is 1. The summed E-state index contributed by atoms with van der Waals surface area (Å²) in [6, 6.07) is 0. The number of aromatic nitrogens is 2. The standard InChI is InChI=1S/C10H15N3O5S/c1-5-11-8(10(12-5)13(17)18)9(16)7(15)3-4-19-6(2)14/h7,9,15-16H,3-4H2,1-2H3,(H,11,12). The fraction of sp³-hybridized carbons (Fsp3) is 0.600. The van der Waals surface area contributed by atoms with Gasteiger partial charge in [-0.05, 0) is 11.3 Å². The van der Waals surface area contributed by atoms with Crippen LogP contribution in [-0.2, 0) is 4.79 Å². The number of nitrogens with one attached hydrogen (secondary N) is 1. The minimum Gasteiger partial charge on any atom is -0.390 e. The largest absolute Gasteiger partial charge is 0.390 e. The molecule has 1 aromatic heterocycles. The zero-order valence-electron chi connectivity index (χ0n) is 10.5. The molecule has 0 aliphatic rings. The van der Waals surface area contributed by atoms with Crippen molar-refractivity contribution in [2.75, 3.05) is 5.75 Å². The van der Waals surface area contributed by atoms with Gasteiger partial charge in [0, 0.05) is 19.6 Å². The van der Waals surface area contributed by atoms with Crippen molar-refractivity contribution in [2.45, 2.75) is 32.5 Å². The Balaban J connectivity index is 2.73. The van der Waals surface area contributed by atoms with Gasteiger partial charge in [0.15, 0.2) is 16.6 Å². The van der Waals surface area contributed by atoms with Crippen LogP contribution in [0.5, 0.6) is 0 Å². The molecule has 0 saturated heterocycles. The van der Waals surface area contributed by atoms with Gasteiger partial charge in [0.05, 0.1) is 6.10 Å². The highest BCUT2D eigenvalue weighted by atomic mass is 32.2. The van der Waals surface area contributed by atoms with Gasteiger partial charge >= 0.3 is 5.82 Å². The van der Waals surface area contributed by atoms with E-state index >= 15 is 0 Å². The zero-order valence-corrected chi connectivity index (χ0v) is 11.3. The average Bonchev–Trinajstić information content (AvgIpc) is 2.69. The fourth-order valence-electron chi connectivity index (χ4n) is 1.51. The Bertz CT molecular complexity index is 476. The number of nitrogens with zero attached hydrogens (tertiary/aromatic N) is 2. The summed E-state index contributed by atoms with van der Waals surface area (Å²) in [5.74, 6) is 0.180. The van der Waals surface area contributed by atoms with Crippen LogP contribution in [0.4, 0.5) is 5.82 Å². The molecule has 9 heteroatoms. The number of nitro groups is 1. The summed E-state index contributed by atoms with van der Waals surface area (Å²) in [4.78, 5) is 27.0. The van der Waals surface area contributed by atoms with Gasteiger partial charge in [0.25, 0.3) is 0 Å². The zero-order chi connectivity index (χ0) is 14.6. The van der Waals surface area contributed by atoms with E-state index in [4.69, 9.17) is 0 Å². The second-order valence-electron chi connectivity index (χ2n) is 3.95. The highest BCUT2D eigenvalue weighted by Gasteiger charge is 2.29. The van der Waals surface area contributed by atoms with Crippen LogP contribution in [0.15, 0.2) is 0 Å². The Morgan fingerprint density at radius 1 is 1.58 bits per heavy atom. The van der Waals surface area contributed by atoms with Crippen LogP contribution in [0.3, 0.4) is 0 Å². The summed E-state index contributed by atoms with van der Waals surface area (Å²) >= 11 is 1.02. The van der Waals surface area contributed by atoms with Crippen molar-refractivity contribution in [1.29, 1.82) is 0 Å². The molecule has 0 aromatic carbocycles. The quantitative estimate of drug-likeness (QED) is 0.519. The first-order valence-electron chi connectivity index (χ1n) is 5.53. The van der Waals surface area contributed by atoms with E-state index in [1.807, 2.05) is 0 Å². The minimum absolute atomic E-state index is 0.0942. The van der Waals surface area contributed by atoms with Gasteiger partial charge in [-0.25, -0.2) is 9.97 Å². The van der Waals surface area contributed by atoms with Crippen LogP contribution in [0, 0.1) is 17.0 Å². The SMILES string of the molecule is CC(=O)SCCC(O)C(O)c1nc(C)[nH]c1[N+](=O)[O-]. The van der Waals surface area contributed by atoms with Crippen molar-refractivity contribution in [3.8, 4) is 0 Å². The lowest BCUT2D eigenvalue weighted by Gasteiger charge is -2.15. The van der Waals surface area contributed by atoms with E-state index in [9.17, 15) is 25.1 Å². The molecule has 0 bridgehead atoms. The van der Waals surface area contributed by atoms with E-state index in [1.165, 1.54) is 13.8 Å². The first kappa shape index (κ1) is 15.6. The molecule has 1 rings (SSSR count). The number of aliphatic hydroxyl groups excluding tert-OH is 2. The van der Waals surface area contributed by atoms with Crippen molar-refractivity contribution in [3.63, 3.8) is 0 Å². The number of hydrogen-bond acceptors (Lipinski definition) is 7. The highest BCUT2D eigenvalue weighted by Crippen LogP contribution is 2.26. The van der Waals surface area contributed by atoms with Crippen molar-refractivity contribution in [2.24, 2.45) is 0 Å². The molecule has 3 N–H and O–H groups in total. The third kappa shape index (κ3) is 4.30. The lowest BCUT2D eigenvalue weighted by molar-refractivity contribution is -0.390. The predicted molar refractivity (Wildman–Crippen MR) is 68.7 cm³/mol. The predicted octanol–water partition coefficient (Wildman–Crippen LogP) is 0.690. The second kappa shape index (κ2) is 6.64. The van der Waals surface area contributed by atoms with Crippen molar-refractivity contribution < 1.29 is 19.9 Å². The number of carbonyl (C=O) groups is 1. The minimum atomic E-state index is -1.46. The molecule has 0 radical (unpaired) electrons. The Hall–Kier alpha value is -1.45. The van der Waals surface area contributed by atoms with E-state index in [2.05, 4.69) is 9.97 Å². The summed E-state index contributed by atoms with van der Waals surface area (Å²) in [6.45, 7) is 2.91. The summed E-state index contributed by atoms with van der Waals surface area (Å²) in [5.41, 5.74) is -0.192. The molecule has 2 unspecified atom stereocenters. The molecule has 8 nitrogen and oxygen atoms in total. The van der Waals surface area contributed by atoms with Gasteiger partial charge in [-0.2, -0.15) is 0 Å². The number of aromatic amines is 1. The number of hydrogen-bond donors (Lipinski definition) is 3. The summed E-state index contributed by atoms with van der Waals surface area (Å²) < 4.78 is 0. The Kier molecular flexibility index (Phi) is 5.45. The van der Waals surface area contributed by atoms with Gasteiger partial charge in [-0.1, -0.05) is 11.8 Å². The topological polar surface area (TPSA) is 129 Å². The molecule has 0 fully saturated rings.